The Morgan fingerprint density at radius 2 is 2.05 bits per heavy atom. The molecule has 0 spiro atoms. The standard InChI is InChI=1S/C13H16N2O3S/c14-9-11-4-3-5-12(8-11)19(17,18)15-10-13(16)6-1-2-7-13/h3-5,8,15-16H,1-2,6-7,10H2. The lowest BCUT2D eigenvalue weighted by atomic mass is 10.0. The molecule has 1 aromatic rings. The number of sulfonamides is 1. The van der Waals surface area contributed by atoms with E-state index in [9.17, 15) is 13.5 Å². The van der Waals surface area contributed by atoms with E-state index in [4.69, 9.17) is 5.26 Å². The molecule has 19 heavy (non-hydrogen) atoms. The van der Waals surface area contributed by atoms with Gasteiger partial charge in [-0.2, -0.15) is 5.26 Å². The van der Waals surface area contributed by atoms with Crippen molar-refractivity contribution in [2.24, 2.45) is 0 Å². The van der Waals surface area contributed by atoms with Gasteiger partial charge in [0.2, 0.25) is 10.0 Å². The topological polar surface area (TPSA) is 90.2 Å². The minimum atomic E-state index is -3.68. The largest absolute Gasteiger partial charge is 0.389 e. The van der Waals surface area contributed by atoms with Crippen molar-refractivity contribution in [3.63, 3.8) is 0 Å². The van der Waals surface area contributed by atoms with Crippen molar-refractivity contribution in [1.82, 2.24) is 4.72 Å². The van der Waals surface area contributed by atoms with Gasteiger partial charge in [0.1, 0.15) is 0 Å². The quantitative estimate of drug-likeness (QED) is 0.865. The van der Waals surface area contributed by atoms with Crippen LogP contribution in [-0.4, -0.2) is 25.7 Å². The van der Waals surface area contributed by atoms with Crippen LogP contribution in [0.2, 0.25) is 0 Å². The van der Waals surface area contributed by atoms with Gasteiger partial charge in [-0.3, -0.25) is 0 Å². The molecule has 0 bridgehead atoms. The van der Waals surface area contributed by atoms with Gasteiger partial charge in [0.25, 0.3) is 0 Å². The van der Waals surface area contributed by atoms with Crippen molar-refractivity contribution < 1.29 is 13.5 Å². The van der Waals surface area contributed by atoms with Gasteiger partial charge in [-0.05, 0) is 31.0 Å². The number of hydrogen-bond donors (Lipinski definition) is 2. The molecule has 0 radical (unpaired) electrons. The smallest absolute Gasteiger partial charge is 0.240 e. The monoisotopic (exact) mass is 280 g/mol. The first-order valence-electron chi connectivity index (χ1n) is 6.17. The van der Waals surface area contributed by atoms with E-state index in [0.717, 1.165) is 12.8 Å². The summed E-state index contributed by atoms with van der Waals surface area (Å²) in [5.74, 6) is 0. The van der Waals surface area contributed by atoms with Gasteiger partial charge in [-0.1, -0.05) is 18.9 Å². The normalized spacial score (nSPS) is 18.1. The number of rotatable bonds is 4. The van der Waals surface area contributed by atoms with Crippen molar-refractivity contribution in [3.8, 4) is 6.07 Å². The zero-order valence-electron chi connectivity index (χ0n) is 10.5. The number of benzene rings is 1. The number of nitriles is 1. The lowest BCUT2D eigenvalue weighted by Crippen LogP contribution is -2.40. The molecule has 6 heteroatoms. The molecule has 0 atom stereocenters. The number of nitrogens with zero attached hydrogens (tertiary/aromatic N) is 1. The second kappa shape index (κ2) is 5.29. The van der Waals surface area contributed by atoms with Crippen LogP contribution in [0.5, 0.6) is 0 Å². The molecule has 0 aromatic heterocycles. The van der Waals surface area contributed by atoms with Crippen molar-refractivity contribution in [3.05, 3.63) is 29.8 Å². The fourth-order valence-electron chi connectivity index (χ4n) is 2.26. The molecule has 1 aliphatic rings. The minimum absolute atomic E-state index is 0.0200. The number of hydrogen-bond acceptors (Lipinski definition) is 4. The molecule has 5 nitrogen and oxygen atoms in total. The number of aliphatic hydroxyl groups is 1. The summed E-state index contributed by atoms with van der Waals surface area (Å²) >= 11 is 0. The second-order valence-electron chi connectivity index (χ2n) is 4.90. The second-order valence-corrected chi connectivity index (χ2v) is 6.66. The van der Waals surface area contributed by atoms with Gasteiger partial charge >= 0.3 is 0 Å². The maximum atomic E-state index is 12.1. The Kier molecular flexibility index (Phi) is 3.90. The summed E-state index contributed by atoms with van der Waals surface area (Å²) in [4.78, 5) is 0.0492. The summed E-state index contributed by atoms with van der Waals surface area (Å²) in [6.45, 7) is 0.0200. The van der Waals surface area contributed by atoms with E-state index in [1.807, 2.05) is 6.07 Å². The Hall–Kier alpha value is -1.42. The fourth-order valence-corrected chi connectivity index (χ4v) is 3.42. The Morgan fingerprint density at radius 3 is 2.68 bits per heavy atom. The Balaban J connectivity index is 2.12. The molecule has 2 rings (SSSR count). The van der Waals surface area contributed by atoms with Gasteiger partial charge in [-0.25, -0.2) is 13.1 Å². The van der Waals surface area contributed by atoms with Crippen molar-refractivity contribution in [1.29, 1.82) is 5.26 Å². The predicted octanol–water partition coefficient (Wildman–Crippen LogP) is 1.14. The third-order valence-electron chi connectivity index (χ3n) is 3.40. The molecule has 1 fully saturated rings. The fraction of sp³-hybridized carbons (Fsp3) is 0.462. The Labute approximate surface area is 112 Å². The first-order chi connectivity index (χ1) is 8.95. The predicted molar refractivity (Wildman–Crippen MR) is 69.8 cm³/mol. The van der Waals surface area contributed by atoms with Crippen LogP contribution in [-0.2, 0) is 10.0 Å². The summed E-state index contributed by atoms with van der Waals surface area (Å²) in [7, 11) is -3.68. The van der Waals surface area contributed by atoms with Gasteiger partial charge in [0, 0.05) is 6.54 Å². The first-order valence-corrected chi connectivity index (χ1v) is 7.66. The summed E-state index contributed by atoms with van der Waals surface area (Å²) in [5, 5.41) is 18.9. The average molecular weight is 280 g/mol. The van der Waals surface area contributed by atoms with E-state index in [1.165, 1.54) is 18.2 Å². The zero-order chi connectivity index (χ0) is 13.9. The maximum absolute atomic E-state index is 12.1. The minimum Gasteiger partial charge on any atom is -0.389 e. The maximum Gasteiger partial charge on any atom is 0.240 e. The molecule has 102 valence electrons. The van der Waals surface area contributed by atoms with Crippen LogP contribution >= 0.6 is 0 Å². The van der Waals surface area contributed by atoms with Crippen LogP contribution < -0.4 is 4.72 Å². The molecule has 0 amide bonds. The van der Waals surface area contributed by atoms with Gasteiger partial charge in [0.15, 0.2) is 0 Å². The van der Waals surface area contributed by atoms with Crippen LogP contribution in [0.15, 0.2) is 29.2 Å². The van der Waals surface area contributed by atoms with Gasteiger partial charge < -0.3 is 5.11 Å². The van der Waals surface area contributed by atoms with Crippen LogP contribution in [0.25, 0.3) is 0 Å². The summed E-state index contributed by atoms with van der Waals surface area (Å²) in [6.07, 6.45) is 3.08. The van der Waals surface area contributed by atoms with Crippen LogP contribution in [0.1, 0.15) is 31.2 Å². The summed E-state index contributed by atoms with van der Waals surface area (Å²) in [5.41, 5.74) is -0.637. The molecular formula is C13H16N2O3S. The lowest BCUT2D eigenvalue weighted by molar-refractivity contribution is 0.0532. The first kappa shape index (κ1) is 14.0. The molecule has 0 heterocycles. The van der Waals surface area contributed by atoms with Crippen molar-refractivity contribution in [2.45, 2.75) is 36.2 Å². The lowest BCUT2D eigenvalue weighted by Gasteiger charge is -2.22. The molecule has 2 N–H and O–H groups in total. The molecule has 0 unspecified atom stereocenters. The average Bonchev–Trinajstić information content (AvgIpc) is 2.84. The summed E-state index contributed by atoms with van der Waals surface area (Å²) in [6, 6.07) is 7.73. The van der Waals surface area contributed by atoms with Crippen LogP contribution in [0.4, 0.5) is 0 Å². The Morgan fingerprint density at radius 1 is 1.37 bits per heavy atom. The Bertz CT molecular complexity index is 599. The van der Waals surface area contributed by atoms with Crippen LogP contribution in [0, 0.1) is 11.3 Å². The van der Waals surface area contributed by atoms with E-state index in [-0.39, 0.29) is 11.4 Å². The highest BCUT2D eigenvalue weighted by molar-refractivity contribution is 7.89. The SMILES string of the molecule is N#Cc1cccc(S(=O)(=O)NCC2(O)CCCC2)c1. The molecule has 0 saturated heterocycles. The van der Waals surface area contributed by atoms with E-state index in [1.54, 1.807) is 6.07 Å². The van der Waals surface area contributed by atoms with Gasteiger partial charge in [-0.15, -0.1) is 0 Å². The molecule has 1 aliphatic carbocycles. The van der Waals surface area contributed by atoms with E-state index >= 15 is 0 Å². The van der Waals surface area contributed by atoms with E-state index in [0.29, 0.717) is 18.4 Å². The number of nitrogens with one attached hydrogen (secondary N) is 1. The highest BCUT2D eigenvalue weighted by Crippen LogP contribution is 2.29. The van der Waals surface area contributed by atoms with E-state index in [2.05, 4.69) is 4.72 Å². The molecule has 1 saturated carbocycles. The third-order valence-corrected chi connectivity index (χ3v) is 4.80. The zero-order valence-corrected chi connectivity index (χ0v) is 11.3. The molecular weight excluding hydrogens is 264 g/mol. The third kappa shape index (κ3) is 3.32. The molecule has 0 aliphatic heterocycles. The summed E-state index contributed by atoms with van der Waals surface area (Å²) < 4.78 is 26.6. The highest BCUT2D eigenvalue weighted by atomic mass is 32.2. The highest BCUT2D eigenvalue weighted by Gasteiger charge is 2.32. The van der Waals surface area contributed by atoms with Crippen molar-refractivity contribution in [2.75, 3.05) is 6.54 Å². The van der Waals surface area contributed by atoms with Gasteiger partial charge in [0.05, 0.1) is 22.1 Å². The molecule has 1 aromatic carbocycles. The van der Waals surface area contributed by atoms with Crippen molar-refractivity contribution >= 4 is 10.0 Å². The van der Waals surface area contributed by atoms with Crippen LogP contribution in [0.3, 0.4) is 0 Å². The van der Waals surface area contributed by atoms with E-state index < -0.39 is 15.6 Å².